The van der Waals surface area contributed by atoms with Gasteiger partial charge in [-0.3, -0.25) is 0 Å². The Kier molecular flexibility index (Phi) is 2.82. The molecule has 5 heteroatoms. The van der Waals surface area contributed by atoms with E-state index in [9.17, 15) is 17.6 Å². The van der Waals surface area contributed by atoms with Crippen LogP contribution in [-0.4, -0.2) is 18.6 Å². The van der Waals surface area contributed by atoms with Gasteiger partial charge in [-0.05, 0) is 12.3 Å². The highest BCUT2D eigenvalue weighted by Crippen LogP contribution is 2.35. The highest BCUT2D eigenvalue weighted by Gasteiger charge is 2.32. The molecule has 0 aliphatic heterocycles. The van der Waals surface area contributed by atoms with Gasteiger partial charge in [0.1, 0.15) is 0 Å². The molecule has 0 amide bonds. The number of allylic oxidation sites excluding steroid dienone is 3. The third-order valence-corrected chi connectivity index (χ3v) is 2.23. The molecule has 68 valence electrons. The molecule has 1 aliphatic rings. The van der Waals surface area contributed by atoms with Gasteiger partial charge in [-0.25, -0.2) is 17.6 Å². The van der Waals surface area contributed by atoms with E-state index in [1.54, 1.807) is 0 Å². The lowest BCUT2D eigenvalue weighted by molar-refractivity contribution is 0.199. The zero-order valence-electron chi connectivity index (χ0n) is 6.15. The van der Waals surface area contributed by atoms with Gasteiger partial charge in [-0.2, -0.15) is 0 Å². The minimum atomic E-state index is -2.49. The summed E-state index contributed by atoms with van der Waals surface area (Å²) in [5, 5.41) is 0. The van der Waals surface area contributed by atoms with Crippen molar-refractivity contribution in [2.75, 3.05) is 6.26 Å². The number of alkyl halides is 2. The van der Waals surface area contributed by atoms with Gasteiger partial charge in [0.05, 0.1) is 0 Å². The molecule has 12 heavy (non-hydrogen) atoms. The van der Waals surface area contributed by atoms with Crippen LogP contribution in [0.25, 0.3) is 0 Å². The first-order chi connectivity index (χ1) is 5.57. The number of halogens is 4. The molecule has 0 spiro atoms. The number of thioether (sulfide) groups is 1. The van der Waals surface area contributed by atoms with E-state index in [0.717, 1.165) is 17.8 Å². The molecule has 0 aromatic heterocycles. The van der Waals surface area contributed by atoms with E-state index in [0.29, 0.717) is 0 Å². The van der Waals surface area contributed by atoms with Gasteiger partial charge in [0.25, 0.3) is 0 Å². The topological polar surface area (TPSA) is 0 Å². The Labute approximate surface area is 71.3 Å². The molecule has 0 fully saturated rings. The summed E-state index contributed by atoms with van der Waals surface area (Å²) in [4.78, 5) is -0.186. The summed E-state index contributed by atoms with van der Waals surface area (Å²) in [6, 6.07) is 0. The molecular weight excluding hydrogens is 192 g/mol. The lowest BCUT2D eigenvalue weighted by Crippen LogP contribution is -2.20. The summed E-state index contributed by atoms with van der Waals surface area (Å²) in [6.45, 7) is 0. The first kappa shape index (κ1) is 9.64. The highest BCUT2D eigenvalue weighted by molar-refractivity contribution is 8.02. The largest absolute Gasteiger partial charge is 0.239 e. The van der Waals surface area contributed by atoms with Gasteiger partial charge in [0.2, 0.25) is 0 Å². The average Bonchev–Trinajstić information content (AvgIpc) is 2.08. The predicted octanol–water partition coefficient (Wildman–Crippen LogP) is 3.07. The van der Waals surface area contributed by atoms with Crippen molar-refractivity contribution in [3.05, 3.63) is 22.6 Å². The normalized spacial score (nSPS) is 30.6. The van der Waals surface area contributed by atoms with Gasteiger partial charge in [0, 0.05) is 4.91 Å². The quantitative estimate of drug-likeness (QED) is 0.583. The molecule has 1 rings (SSSR count). The lowest BCUT2D eigenvalue weighted by Gasteiger charge is -2.16. The van der Waals surface area contributed by atoms with Crippen LogP contribution in [0.15, 0.2) is 22.6 Å². The molecule has 1 aliphatic carbocycles. The maximum atomic E-state index is 12.7. The molecule has 0 radical (unpaired) electrons. The maximum absolute atomic E-state index is 12.7. The minimum Gasteiger partial charge on any atom is -0.239 e. The molecule has 0 saturated heterocycles. The van der Waals surface area contributed by atoms with E-state index in [2.05, 4.69) is 0 Å². The number of rotatable bonds is 1. The molecule has 0 bridgehead atoms. The Morgan fingerprint density at radius 3 is 2.42 bits per heavy atom. The Bertz CT molecular complexity index is 246. The summed E-state index contributed by atoms with van der Waals surface area (Å²) < 4.78 is 50.1. The Balaban J connectivity index is 3.00. The second-order valence-electron chi connectivity index (χ2n) is 2.24. The molecule has 0 saturated carbocycles. The monoisotopic (exact) mass is 198 g/mol. The van der Waals surface area contributed by atoms with Crippen LogP contribution in [0.5, 0.6) is 0 Å². The molecule has 2 unspecified atom stereocenters. The van der Waals surface area contributed by atoms with E-state index in [1.165, 1.54) is 6.26 Å². The van der Waals surface area contributed by atoms with Crippen LogP contribution in [0, 0.1) is 0 Å². The van der Waals surface area contributed by atoms with Gasteiger partial charge in [0.15, 0.2) is 24.0 Å². The van der Waals surface area contributed by atoms with Crippen molar-refractivity contribution in [1.29, 1.82) is 0 Å². The van der Waals surface area contributed by atoms with Gasteiger partial charge in [-0.15, -0.1) is 11.8 Å². The fraction of sp³-hybridized carbons (Fsp3) is 0.429. The standard InChI is InChI=1S/C7H6F4S/c1-12-4-2-3(8)5(9)7(11)6(4)10/h2-3,5H,1H3. The van der Waals surface area contributed by atoms with E-state index >= 15 is 0 Å². The lowest BCUT2D eigenvalue weighted by atomic mass is 10.1. The van der Waals surface area contributed by atoms with E-state index < -0.39 is 24.0 Å². The van der Waals surface area contributed by atoms with Gasteiger partial charge in [-0.1, -0.05) is 0 Å². The molecule has 0 N–H and O–H groups in total. The Hall–Kier alpha value is -0.450. The fourth-order valence-electron chi connectivity index (χ4n) is 0.838. The Morgan fingerprint density at radius 2 is 1.92 bits per heavy atom. The smallest absolute Gasteiger partial charge is 0.189 e. The molecule has 0 heterocycles. The molecule has 0 aromatic carbocycles. The van der Waals surface area contributed by atoms with Crippen LogP contribution < -0.4 is 0 Å². The third kappa shape index (κ3) is 1.50. The van der Waals surface area contributed by atoms with Crippen molar-refractivity contribution in [3.63, 3.8) is 0 Å². The minimum absolute atomic E-state index is 0.186. The average molecular weight is 198 g/mol. The molecule has 0 aromatic rings. The maximum Gasteiger partial charge on any atom is 0.189 e. The summed E-state index contributed by atoms with van der Waals surface area (Å²) in [5.41, 5.74) is 0. The van der Waals surface area contributed by atoms with Crippen molar-refractivity contribution in [2.45, 2.75) is 12.3 Å². The summed E-state index contributed by atoms with van der Waals surface area (Å²) in [7, 11) is 0. The predicted molar refractivity (Wildman–Crippen MR) is 40.6 cm³/mol. The SMILES string of the molecule is CSC1=CC(F)C(F)C(F)=C1F. The van der Waals surface area contributed by atoms with Crippen LogP contribution in [0.4, 0.5) is 17.6 Å². The van der Waals surface area contributed by atoms with Crippen LogP contribution in [-0.2, 0) is 0 Å². The van der Waals surface area contributed by atoms with Crippen molar-refractivity contribution in [3.8, 4) is 0 Å². The van der Waals surface area contributed by atoms with Gasteiger partial charge >= 0.3 is 0 Å². The van der Waals surface area contributed by atoms with E-state index in [-0.39, 0.29) is 4.91 Å². The summed E-state index contributed by atoms with van der Waals surface area (Å²) in [6.07, 6.45) is -2.36. The van der Waals surface area contributed by atoms with Crippen molar-refractivity contribution >= 4 is 11.8 Å². The van der Waals surface area contributed by atoms with Crippen LogP contribution in [0.3, 0.4) is 0 Å². The molecular formula is C7H6F4S. The Morgan fingerprint density at radius 1 is 1.33 bits per heavy atom. The van der Waals surface area contributed by atoms with Crippen LogP contribution >= 0.6 is 11.8 Å². The van der Waals surface area contributed by atoms with Crippen molar-refractivity contribution < 1.29 is 17.6 Å². The van der Waals surface area contributed by atoms with Gasteiger partial charge < -0.3 is 0 Å². The van der Waals surface area contributed by atoms with Crippen LogP contribution in [0.2, 0.25) is 0 Å². The molecule has 2 atom stereocenters. The van der Waals surface area contributed by atoms with Crippen molar-refractivity contribution in [1.82, 2.24) is 0 Å². The first-order valence-electron chi connectivity index (χ1n) is 3.17. The highest BCUT2D eigenvalue weighted by atomic mass is 32.2. The summed E-state index contributed by atoms with van der Waals surface area (Å²) >= 11 is 0.845. The second-order valence-corrected chi connectivity index (χ2v) is 3.09. The van der Waals surface area contributed by atoms with E-state index in [4.69, 9.17) is 0 Å². The zero-order valence-corrected chi connectivity index (χ0v) is 6.97. The number of hydrogen-bond acceptors (Lipinski definition) is 1. The first-order valence-corrected chi connectivity index (χ1v) is 4.40. The fourth-order valence-corrected chi connectivity index (χ4v) is 1.38. The van der Waals surface area contributed by atoms with E-state index in [1.807, 2.05) is 0 Å². The molecule has 0 nitrogen and oxygen atoms in total. The number of hydrogen-bond donors (Lipinski definition) is 0. The summed E-state index contributed by atoms with van der Waals surface area (Å²) in [5.74, 6) is -2.93. The third-order valence-electron chi connectivity index (χ3n) is 1.48. The zero-order chi connectivity index (χ0) is 9.30. The second kappa shape index (κ2) is 3.51. The van der Waals surface area contributed by atoms with Crippen LogP contribution in [0.1, 0.15) is 0 Å². The van der Waals surface area contributed by atoms with Crippen molar-refractivity contribution in [2.24, 2.45) is 0 Å².